The van der Waals surface area contributed by atoms with Gasteiger partial charge in [0.15, 0.2) is 13.1 Å². The van der Waals surface area contributed by atoms with E-state index in [4.69, 9.17) is 9.47 Å². The van der Waals surface area contributed by atoms with Gasteiger partial charge in [-0.15, -0.1) is 0 Å². The van der Waals surface area contributed by atoms with Gasteiger partial charge in [-0.2, -0.15) is 0 Å². The summed E-state index contributed by atoms with van der Waals surface area (Å²) < 4.78 is 9.42. The molecule has 0 amide bonds. The highest BCUT2D eigenvalue weighted by molar-refractivity contribution is 4.99. The van der Waals surface area contributed by atoms with Crippen molar-refractivity contribution in [1.29, 1.82) is 0 Å². The summed E-state index contributed by atoms with van der Waals surface area (Å²) in [5.74, 6) is 0. The van der Waals surface area contributed by atoms with Crippen LogP contribution in [0.1, 0.15) is 34.6 Å². The highest BCUT2D eigenvalue weighted by atomic mass is 16.8. The molecule has 1 heterocycles. The van der Waals surface area contributed by atoms with Gasteiger partial charge < -0.3 is 9.47 Å². The Kier molecular flexibility index (Phi) is 17.2. The first kappa shape index (κ1) is 16.6. The van der Waals surface area contributed by atoms with Gasteiger partial charge in [0.05, 0.1) is 0 Å². The molecule has 1 aliphatic heterocycles. The first-order valence-corrected chi connectivity index (χ1v) is 5.63. The predicted octanol–water partition coefficient (Wildman–Crippen LogP) is 4.08. The van der Waals surface area contributed by atoms with E-state index >= 15 is 0 Å². The summed E-state index contributed by atoms with van der Waals surface area (Å²) in [4.78, 5) is 0. The van der Waals surface area contributed by atoms with Crippen molar-refractivity contribution < 1.29 is 9.47 Å². The van der Waals surface area contributed by atoms with E-state index in [0.29, 0.717) is 6.79 Å². The lowest BCUT2D eigenvalue weighted by atomic mass is 10.4. The van der Waals surface area contributed by atoms with E-state index in [-0.39, 0.29) is 6.29 Å². The largest absolute Gasteiger partial charge is 0.327 e. The van der Waals surface area contributed by atoms with Crippen molar-refractivity contribution in [2.24, 2.45) is 0 Å². The average molecular weight is 212 g/mol. The zero-order valence-electron chi connectivity index (χ0n) is 10.6. The molecule has 2 heteroatoms. The SMILES string of the molecule is CC.CC.CC1OCO1.c1ccccc1. The van der Waals surface area contributed by atoms with Gasteiger partial charge >= 0.3 is 0 Å². The fourth-order valence-electron chi connectivity index (χ4n) is 0.589. The molecular weight excluding hydrogens is 188 g/mol. The van der Waals surface area contributed by atoms with Gasteiger partial charge in [-0.3, -0.25) is 0 Å². The summed E-state index contributed by atoms with van der Waals surface area (Å²) in [6.07, 6.45) is 0.0648. The summed E-state index contributed by atoms with van der Waals surface area (Å²) in [5, 5.41) is 0. The second-order valence-corrected chi connectivity index (χ2v) is 2.17. The quantitative estimate of drug-likeness (QED) is 0.645. The van der Waals surface area contributed by atoms with Crippen LogP contribution in [0, 0.1) is 0 Å². The lowest BCUT2D eigenvalue weighted by Crippen LogP contribution is -2.26. The van der Waals surface area contributed by atoms with Gasteiger partial charge in [0.25, 0.3) is 0 Å². The minimum atomic E-state index is 0.0648. The zero-order chi connectivity index (χ0) is 11.9. The molecule has 0 radical (unpaired) electrons. The summed E-state index contributed by atoms with van der Waals surface area (Å²) in [6.45, 7) is 10.4. The minimum absolute atomic E-state index is 0.0648. The molecular formula is C13H24O2. The van der Waals surface area contributed by atoms with Gasteiger partial charge in [0.1, 0.15) is 0 Å². The van der Waals surface area contributed by atoms with Gasteiger partial charge in [-0.25, -0.2) is 0 Å². The fraction of sp³-hybridized carbons (Fsp3) is 0.538. The third kappa shape index (κ3) is 13.1. The molecule has 2 nitrogen and oxygen atoms in total. The van der Waals surface area contributed by atoms with Crippen LogP contribution >= 0.6 is 0 Å². The molecule has 0 spiro atoms. The van der Waals surface area contributed by atoms with Crippen molar-refractivity contribution in [3.8, 4) is 0 Å². The first-order valence-electron chi connectivity index (χ1n) is 5.63. The number of benzene rings is 1. The topological polar surface area (TPSA) is 18.5 Å². The number of rotatable bonds is 0. The molecule has 0 aromatic heterocycles. The van der Waals surface area contributed by atoms with Crippen molar-refractivity contribution in [2.75, 3.05) is 6.79 Å². The molecule has 0 atom stereocenters. The molecule has 15 heavy (non-hydrogen) atoms. The maximum absolute atomic E-state index is 4.71. The summed E-state index contributed by atoms with van der Waals surface area (Å²) in [7, 11) is 0. The summed E-state index contributed by atoms with van der Waals surface area (Å²) in [5.41, 5.74) is 0. The highest BCUT2D eigenvalue weighted by Crippen LogP contribution is 2.02. The average Bonchev–Trinajstić information content (AvgIpc) is 2.35. The Morgan fingerprint density at radius 1 is 0.733 bits per heavy atom. The van der Waals surface area contributed by atoms with Crippen LogP contribution in [0.5, 0.6) is 0 Å². The molecule has 0 N–H and O–H groups in total. The minimum Gasteiger partial charge on any atom is -0.327 e. The Bertz CT molecular complexity index is 144. The van der Waals surface area contributed by atoms with E-state index < -0.39 is 0 Å². The van der Waals surface area contributed by atoms with Crippen LogP contribution < -0.4 is 0 Å². The zero-order valence-corrected chi connectivity index (χ0v) is 10.6. The molecule has 0 bridgehead atoms. The molecule has 1 aromatic rings. The van der Waals surface area contributed by atoms with Crippen molar-refractivity contribution in [1.82, 2.24) is 0 Å². The first-order chi connectivity index (χ1) is 7.39. The van der Waals surface area contributed by atoms with E-state index in [2.05, 4.69) is 0 Å². The van der Waals surface area contributed by atoms with Crippen LogP contribution in [-0.2, 0) is 9.47 Å². The fourth-order valence-corrected chi connectivity index (χ4v) is 0.589. The van der Waals surface area contributed by atoms with Gasteiger partial charge in [0, 0.05) is 0 Å². The van der Waals surface area contributed by atoms with E-state index in [1.165, 1.54) is 0 Å². The van der Waals surface area contributed by atoms with Gasteiger partial charge in [-0.1, -0.05) is 64.1 Å². The van der Waals surface area contributed by atoms with Gasteiger partial charge in [-0.05, 0) is 6.92 Å². The smallest absolute Gasteiger partial charge is 0.160 e. The summed E-state index contributed by atoms with van der Waals surface area (Å²) in [6, 6.07) is 12.0. The van der Waals surface area contributed by atoms with Crippen LogP contribution in [-0.4, -0.2) is 13.1 Å². The molecule has 1 saturated heterocycles. The molecule has 2 rings (SSSR count). The Labute approximate surface area is 94.2 Å². The number of ether oxygens (including phenoxy) is 2. The maximum Gasteiger partial charge on any atom is 0.160 e. The van der Waals surface area contributed by atoms with E-state index in [1.807, 2.05) is 71.0 Å². The molecule has 0 unspecified atom stereocenters. The third-order valence-corrected chi connectivity index (χ3v) is 1.27. The van der Waals surface area contributed by atoms with E-state index in [0.717, 1.165) is 0 Å². The Balaban J connectivity index is 0. The Hall–Kier alpha value is -0.860. The lowest BCUT2D eigenvalue weighted by molar-refractivity contribution is -0.311. The van der Waals surface area contributed by atoms with Crippen LogP contribution in [0.15, 0.2) is 36.4 Å². The van der Waals surface area contributed by atoms with Crippen LogP contribution in [0.4, 0.5) is 0 Å². The van der Waals surface area contributed by atoms with Crippen LogP contribution in [0.3, 0.4) is 0 Å². The van der Waals surface area contributed by atoms with Crippen molar-refractivity contribution in [2.45, 2.75) is 40.9 Å². The number of hydrogen-bond donors (Lipinski definition) is 0. The summed E-state index contributed by atoms with van der Waals surface area (Å²) >= 11 is 0. The standard InChI is InChI=1S/C6H6.C3H6O2.2C2H6/c1-2-4-6-5-3-1;1-3-4-2-5-3;2*1-2/h1-6H;3H,2H2,1H3;2*1-2H3. The molecule has 0 aliphatic carbocycles. The molecule has 1 fully saturated rings. The molecule has 1 aromatic carbocycles. The second-order valence-electron chi connectivity index (χ2n) is 2.17. The van der Waals surface area contributed by atoms with Crippen molar-refractivity contribution in [3.05, 3.63) is 36.4 Å². The van der Waals surface area contributed by atoms with Crippen molar-refractivity contribution in [3.63, 3.8) is 0 Å². The van der Waals surface area contributed by atoms with Crippen LogP contribution in [0.2, 0.25) is 0 Å². The molecule has 0 saturated carbocycles. The lowest BCUT2D eigenvalue weighted by Gasteiger charge is -2.21. The Morgan fingerprint density at radius 3 is 1.00 bits per heavy atom. The second kappa shape index (κ2) is 15.6. The number of hydrogen-bond acceptors (Lipinski definition) is 2. The molecule has 88 valence electrons. The Morgan fingerprint density at radius 2 is 0.933 bits per heavy atom. The van der Waals surface area contributed by atoms with Gasteiger partial charge in [0.2, 0.25) is 0 Å². The third-order valence-electron chi connectivity index (χ3n) is 1.27. The predicted molar refractivity (Wildman–Crippen MR) is 65.6 cm³/mol. The van der Waals surface area contributed by atoms with E-state index in [1.54, 1.807) is 0 Å². The van der Waals surface area contributed by atoms with Crippen molar-refractivity contribution >= 4 is 0 Å². The normalized spacial score (nSPS) is 12.6. The molecule has 1 aliphatic rings. The highest BCUT2D eigenvalue weighted by Gasteiger charge is 2.09. The monoisotopic (exact) mass is 212 g/mol. The van der Waals surface area contributed by atoms with Crippen LogP contribution in [0.25, 0.3) is 0 Å². The van der Waals surface area contributed by atoms with E-state index in [9.17, 15) is 0 Å². The maximum atomic E-state index is 4.71.